The highest BCUT2D eigenvalue weighted by molar-refractivity contribution is 6.88. The molecule has 0 N–H and O–H groups in total. The Bertz CT molecular complexity index is 726. The molecule has 2 saturated heterocycles. The SMILES string of the molecule is CC1(C)OB([C@H](c2ccccc2)[C@H](B2OC(C)(C)C(C)(C)O2)[Si](C)(C)C)OC1(C)C. The van der Waals surface area contributed by atoms with Gasteiger partial charge < -0.3 is 18.6 Å². The second-order valence-electron chi connectivity index (χ2n) is 12.1. The van der Waals surface area contributed by atoms with E-state index in [-0.39, 0.29) is 47.9 Å². The van der Waals surface area contributed by atoms with Gasteiger partial charge in [-0.15, -0.1) is 0 Å². The highest BCUT2D eigenvalue weighted by Crippen LogP contribution is 2.51. The lowest BCUT2D eigenvalue weighted by Crippen LogP contribution is -2.49. The fourth-order valence-electron chi connectivity index (χ4n) is 4.40. The number of benzene rings is 1. The van der Waals surface area contributed by atoms with Gasteiger partial charge in [-0.3, -0.25) is 0 Å². The summed E-state index contributed by atoms with van der Waals surface area (Å²) in [6.07, 6.45) is 0. The van der Waals surface area contributed by atoms with E-state index in [0.717, 1.165) is 0 Å². The predicted molar refractivity (Wildman–Crippen MR) is 128 cm³/mol. The van der Waals surface area contributed by atoms with Gasteiger partial charge in [-0.05, 0) is 66.4 Å². The second-order valence-corrected chi connectivity index (χ2v) is 17.5. The lowest BCUT2D eigenvalue weighted by Gasteiger charge is -2.38. The highest BCUT2D eigenvalue weighted by atomic mass is 28.3. The lowest BCUT2D eigenvalue weighted by molar-refractivity contribution is 0.00578. The Balaban J connectivity index is 2.09. The van der Waals surface area contributed by atoms with Gasteiger partial charge in [0.1, 0.15) is 0 Å². The third kappa shape index (κ3) is 4.21. The van der Waals surface area contributed by atoms with Crippen LogP contribution in [-0.2, 0) is 18.6 Å². The first-order valence-corrected chi connectivity index (χ1v) is 14.8. The van der Waals surface area contributed by atoms with Crippen LogP contribution >= 0.6 is 0 Å². The van der Waals surface area contributed by atoms with Gasteiger partial charge in [0, 0.05) is 13.9 Å². The minimum Gasteiger partial charge on any atom is -0.403 e. The molecule has 7 heteroatoms. The molecule has 0 saturated carbocycles. The molecule has 3 rings (SSSR count). The summed E-state index contributed by atoms with van der Waals surface area (Å²) < 4.78 is 26.5. The first-order chi connectivity index (χ1) is 13.5. The maximum absolute atomic E-state index is 6.62. The smallest absolute Gasteiger partial charge is 0.403 e. The van der Waals surface area contributed by atoms with Crippen molar-refractivity contribution in [3.63, 3.8) is 0 Å². The topological polar surface area (TPSA) is 36.9 Å². The van der Waals surface area contributed by atoms with Gasteiger partial charge >= 0.3 is 14.2 Å². The van der Waals surface area contributed by atoms with E-state index in [0.29, 0.717) is 0 Å². The lowest BCUT2D eigenvalue weighted by atomic mass is 9.57. The summed E-state index contributed by atoms with van der Waals surface area (Å²) in [5, 5.41) is 0. The monoisotopic (exact) mass is 430 g/mol. The van der Waals surface area contributed by atoms with E-state index in [1.54, 1.807) is 0 Å². The van der Waals surface area contributed by atoms with Crippen LogP contribution in [0.1, 0.15) is 66.8 Å². The van der Waals surface area contributed by atoms with Gasteiger partial charge in [-0.25, -0.2) is 0 Å². The molecule has 1 aromatic rings. The molecule has 2 aliphatic heterocycles. The van der Waals surface area contributed by atoms with Crippen molar-refractivity contribution < 1.29 is 18.6 Å². The van der Waals surface area contributed by atoms with Crippen LogP contribution in [0, 0.1) is 0 Å². The molecule has 0 unspecified atom stereocenters. The summed E-state index contributed by atoms with van der Waals surface area (Å²) in [6, 6.07) is 10.6. The van der Waals surface area contributed by atoms with Crippen LogP contribution < -0.4 is 0 Å². The van der Waals surface area contributed by atoms with Crippen molar-refractivity contribution in [2.75, 3.05) is 0 Å². The Kier molecular flexibility index (Phi) is 6.00. The fraction of sp³-hybridized carbons (Fsp3) is 0.739. The average molecular weight is 430 g/mol. The number of rotatable bonds is 5. The molecule has 4 nitrogen and oxygen atoms in total. The van der Waals surface area contributed by atoms with Crippen molar-refractivity contribution in [3.05, 3.63) is 35.9 Å². The molecule has 0 radical (unpaired) electrons. The van der Waals surface area contributed by atoms with Gasteiger partial charge in [0.25, 0.3) is 0 Å². The van der Waals surface area contributed by atoms with Crippen LogP contribution in [-0.4, -0.2) is 44.7 Å². The maximum atomic E-state index is 6.62. The Labute approximate surface area is 185 Å². The molecule has 30 heavy (non-hydrogen) atoms. The van der Waals surface area contributed by atoms with Crippen LogP contribution in [0.4, 0.5) is 0 Å². The van der Waals surface area contributed by atoms with Gasteiger partial charge in [-0.1, -0.05) is 50.0 Å². The molecule has 0 amide bonds. The minimum atomic E-state index is -1.79. The standard InChI is InChI=1S/C23H40B2O4Si/c1-20(2)21(3,4)27-24(26-20)18(17-15-13-12-14-16-17)19(30(9,10)11)25-28-22(5,6)23(7,8)29-25/h12-16,18-19H,1-11H3/t18-,19-/m1/s1. The third-order valence-corrected chi connectivity index (χ3v) is 10.3. The van der Waals surface area contributed by atoms with E-state index in [4.69, 9.17) is 18.6 Å². The van der Waals surface area contributed by atoms with Crippen LogP contribution in [0.5, 0.6) is 0 Å². The zero-order valence-corrected chi connectivity index (χ0v) is 21.8. The molecule has 2 aliphatic rings. The summed E-state index contributed by atoms with van der Waals surface area (Å²) in [5.74, 6) is 0.0219. The Hall–Kier alpha value is -0.593. The van der Waals surface area contributed by atoms with Crippen molar-refractivity contribution in [1.29, 1.82) is 0 Å². The zero-order valence-electron chi connectivity index (χ0n) is 20.8. The van der Waals surface area contributed by atoms with Crippen molar-refractivity contribution >= 4 is 22.3 Å². The quantitative estimate of drug-likeness (QED) is 0.559. The number of hydrogen-bond donors (Lipinski definition) is 0. The molecular formula is C23H40B2O4Si. The van der Waals surface area contributed by atoms with E-state index in [1.807, 2.05) is 0 Å². The van der Waals surface area contributed by atoms with Gasteiger partial charge in [0.2, 0.25) is 0 Å². The summed E-state index contributed by atoms with van der Waals surface area (Å²) in [7, 11) is -2.45. The molecule has 0 bridgehead atoms. The summed E-state index contributed by atoms with van der Waals surface area (Å²) in [4.78, 5) is 0. The van der Waals surface area contributed by atoms with E-state index in [9.17, 15) is 0 Å². The number of hydrogen-bond acceptors (Lipinski definition) is 4. The summed E-state index contributed by atoms with van der Waals surface area (Å²) in [6.45, 7) is 24.2. The zero-order chi connectivity index (χ0) is 22.8. The first kappa shape index (κ1) is 24.1. The predicted octanol–water partition coefficient (Wildman–Crippen LogP) is 5.74. The van der Waals surface area contributed by atoms with Crippen molar-refractivity contribution in [1.82, 2.24) is 0 Å². The highest BCUT2D eigenvalue weighted by Gasteiger charge is 2.63. The van der Waals surface area contributed by atoms with E-state index in [2.05, 4.69) is 105 Å². The van der Waals surface area contributed by atoms with Gasteiger partial charge in [-0.2, -0.15) is 0 Å². The van der Waals surface area contributed by atoms with E-state index >= 15 is 0 Å². The van der Waals surface area contributed by atoms with Gasteiger partial charge in [0.15, 0.2) is 0 Å². The van der Waals surface area contributed by atoms with E-state index < -0.39 is 8.07 Å². The molecule has 0 aliphatic carbocycles. The minimum absolute atomic E-state index is 0.0219. The van der Waals surface area contributed by atoms with Crippen LogP contribution in [0.3, 0.4) is 0 Å². The van der Waals surface area contributed by atoms with Crippen molar-refractivity contribution in [2.24, 2.45) is 0 Å². The molecule has 166 valence electrons. The van der Waals surface area contributed by atoms with Crippen molar-refractivity contribution in [2.45, 2.75) is 109 Å². The molecule has 0 aromatic heterocycles. The molecule has 2 heterocycles. The Morgan fingerprint density at radius 3 is 1.37 bits per heavy atom. The first-order valence-electron chi connectivity index (χ1n) is 11.2. The Morgan fingerprint density at radius 2 is 1.00 bits per heavy atom. The van der Waals surface area contributed by atoms with Crippen LogP contribution in [0.15, 0.2) is 30.3 Å². The molecule has 2 fully saturated rings. The molecule has 2 atom stereocenters. The van der Waals surface area contributed by atoms with E-state index in [1.165, 1.54) is 5.56 Å². The van der Waals surface area contributed by atoms with Crippen molar-refractivity contribution in [3.8, 4) is 0 Å². The summed E-state index contributed by atoms with van der Waals surface area (Å²) in [5.41, 5.74) is -0.122. The normalized spacial score (nSPS) is 26.6. The average Bonchev–Trinajstić information content (AvgIpc) is 2.91. The molecular weight excluding hydrogens is 390 g/mol. The fourth-order valence-corrected chi connectivity index (χ4v) is 6.78. The molecule has 0 spiro atoms. The summed E-state index contributed by atoms with van der Waals surface area (Å²) >= 11 is 0. The van der Waals surface area contributed by atoms with Crippen LogP contribution in [0.25, 0.3) is 0 Å². The Morgan fingerprint density at radius 1 is 0.633 bits per heavy atom. The second kappa shape index (κ2) is 7.48. The van der Waals surface area contributed by atoms with Gasteiger partial charge in [0.05, 0.1) is 22.4 Å². The third-order valence-electron chi connectivity index (χ3n) is 7.70. The largest absolute Gasteiger partial charge is 0.465 e. The molecule has 1 aromatic carbocycles. The maximum Gasteiger partial charge on any atom is 0.465 e. The van der Waals surface area contributed by atoms with Crippen LogP contribution in [0.2, 0.25) is 25.1 Å².